The predicted octanol–water partition coefficient (Wildman–Crippen LogP) is 6.38. The Bertz CT molecular complexity index is 929. The van der Waals surface area contributed by atoms with Crippen LogP contribution in [0.3, 0.4) is 0 Å². The van der Waals surface area contributed by atoms with Gasteiger partial charge in [-0.05, 0) is 23.9 Å². The molecule has 0 radical (unpaired) electrons. The molecule has 27 heavy (non-hydrogen) atoms. The molecule has 142 valence electrons. The largest absolute Gasteiger partial charge is 0.748 e. The molecule has 0 unspecified atom stereocenters. The number of rotatable bonds is 3. The van der Waals surface area contributed by atoms with Gasteiger partial charge in [0.2, 0.25) is 5.91 Å². The molecule has 0 aliphatic carbocycles. The van der Waals surface area contributed by atoms with E-state index in [4.69, 9.17) is 11.6 Å². The molecule has 0 bridgehead atoms. The van der Waals surface area contributed by atoms with Gasteiger partial charge in [-0.3, -0.25) is 4.79 Å². The van der Waals surface area contributed by atoms with Gasteiger partial charge in [0.25, 0.3) is 0 Å². The zero-order valence-corrected chi connectivity index (χ0v) is 16.3. The first-order chi connectivity index (χ1) is 12.7. The average Bonchev–Trinajstić information content (AvgIpc) is 3.39. The second kappa shape index (κ2) is 10.5. The predicted molar refractivity (Wildman–Crippen MR) is 109 cm³/mol. The monoisotopic (exact) mass is 415 g/mol. The normalized spacial score (nSPS) is 9.52. The Morgan fingerprint density at radius 3 is 2.11 bits per heavy atom. The fraction of sp³-hybridized carbons (Fsp3) is 0. The van der Waals surface area contributed by atoms with Crippen LogP contribution in [0.4, 0.5) is 5.69 Å². The van der Waals surface area contributed by atoms with Gasteiger partial charge < -0.3 is 35.6 Å². The molecule has 1 N–H and O–H groups in total. The van der Waals surface area contributed by atoms with Gasteiger partial charge in [0.15, 0.2) is 0 Å². The molecule has 4 aromatic carbocycles. The second-order valence-electron chi connectivity index (χ2n) is 5.65. The number of carbonyl (C=O) groups excluding carboxylic acids is 1. The maximum atomic E-state index is 12.3. The van der Waals surface area contributed by atoms with Crippen LogP contribution in [-0.4, -0.2) is 5.91 Å². The van der Waals surface area contributed by atoms with Crippen LogP contribution in [0.15, 0.2) is 103 Å². The fourth-order valence-electron chi connectivity index (χ4n) is 2.54. The summed E-state index contributed by atoms with van der Waals surface area (Å²) in [6, 6.07) is 32.6. The van der Waals surface area contributed by atoms with Crippen molar-refractivity contribution in [2.45, 2.75) is 0 Å². The third-order valence-corrected chi connectivity index (χ3v) is 4.03. The van der Waals surface area contributed by atoms with Crippen molar-refractivity contribution in [1.82, 2.24) is 0 Å². The summed E-state index contributed by atoms with van der Waals surface area (Å²) in [6.07, 6.45) is 0. The number of benzene rings is 2. The minimum atomic E-state index is -0.170. The minimum absolute atomic E-state index is 0. The molecule has 0 atom stereocenters. The summed E-state index contributed by atoms with van der Waals surface area (Å²) in [7, 11) is 0. The number of hydrogen-bond acceptors (Lipinski definition) is 1. The molecule has 1 amide bonds. The van der Waals surface area contributed by atoms with Crippen LogP contribution in [-0.2, 0) is 17.1 Å². The third-order valence-electron chi connectivity index (χ3n) is 3.79. The number of para-hydroxylation sites is 1. The SMILES string of the molecule is O=C(Nc1ccccc1-[c-]1cccc1)c1cccc(Cl)c1.[Fe].[cH-]1[cH-][cH-][cH-][cH-]1. The first kappa shape index (κ1) is 20.7. The number of nitrogens with one attached hydrogen (secondary N) is 1. The topological polar surface area (TPSA) is 29.1 Å². The number of anilines is 1. The Hall–Kier alpha value is -2.58. The molecular weight excluding hydrogens is 398 g/mol. The van der Waals surface area contributed by atoms with Crippen LogP contribution < -0.4 is 5.32 Å². The molecule has 0 aromatic heterocycles. The Morgan fingerprint density at radius 2 is 1.48 bits per heavy atom. The average molecular weight is 416 g/mol. The van der Waals surface area contributed by atoms with E-state index in [1.807, 2.05) is 78.9 Å². The number of amides is 1. The van der Waals surface area contributed by atoms with Crippen molar-refractivity contribution < 1.29 is 21.9 Å². The fourth-order valence-corrected chi connectivity index (χ4v) is 2.73. The van der Waals surface area contributed by atoms with Gasteiger partial charge in [-0.2, -0.15) is 12.1 Å². The summed E-state index contributed by atoms with van der Waals surface area (Å²) in [5.74, 6) is -0.170. The molecule has 2 nitrogen and oxygen atoms in total. The molecule has 0 saturated carbocycles. The number of hydrogen-bond donors (Lipinski definition) is 1. The van der Waals surface area contributed by atoms with E-state index >= 15 is 0 Å². The molecule has 0 spiro atoms. The van der Waals surface area contributed by atoms with Crippen LogP contribution in [0.2, 0.25) is 5.02 Å². The van der Waals surface area contributed by atoms with Crippen molar-refractivity contribution >= 4 is 23.2 Å². The van der Waals surface area contributed by atoms with Gasteiger partial charge in [-0.15, -0.1) is 18.2 Å². The maximum absolute atomic E-state index is 12.3. The van der Waals surface area contributed by atoms with E-state index in [1.165, 1.54) is 0 Å². The molecule has 0 aliphatic rings. The Labute approximate surface area is 175 Å². The Morgan fingerprint density at radius 1 is 0.852 bits per heavy atom. The van der Waals surface area contributed by atoms with E-state index in [1.54, 1.807) is 24.3 Å². The van der Waals surface area contributed by atoms with Crippen LogP contribution in [0, 0.1) is 0 Å². The van der Waals surface area contributed by atoms with E-state index in [2.05, 4.69) is 5.32 Å². The van der Waals surface area contributed by atoms with Crippen LogP contribution in [0.5, 0.6) is 0 Å². The standard InChI is InChI=1S/C18H13ClNO.C5H5.Fe/c19-15-9-5-8-14(12-15)18(21)20-17-11-4-3-10-16(17)13-6-1-2-7-13;1-2-4-5-3-1;/h1-12H,(H,20,21);1-5H;/q-1;-5;. The van der Waals surface area contributed by atoms with Crippen molar-refractivity contribution in [2.75, 3.05) is 5.32 Å². The van der Waals surface area contributed by atoms with Crippen LogP contribution in [0.1, 0.15) is 10.4 Å². The molecule has 4 heteroatoms. The van der Waals surface area contributed by atoms with Crippen molar-refractivity contribution in [3.8, 4) is 11.1 Å². The quantitative estimate of drug-likeness (QED) is 0.305. The molecule has 4 aromatic rings. The number of halogens is 1. The molecule has 0 fully saturated rings. The van der Waals surface area contributed by atoms with Gasteiger partial charge >= 0.3 is 0 Å². The summed E-state index contributed by atoms with van der Waals surface area (Å²) in [6.45, 7) is 0. The third kappa shape index (κ3) is 5.97. The van der Waals surface area contributed by atoms with Crippen molar-refractivity contribution in [3.63, 3.8) is 0 Å². The van der Waals surface area contributed by atoms with Gasteiger partial charge in [-0.1, -0.05) is 47.0 Å². The van der Waals surface area contributed by atoms with E-state index < -0.39 is 0 Å². The maximum Gasteiger partial charge on any atom is 0.249 e. The summed E-state index contributed by atoms with van der Waals surface area (Å²) < 4.78 is 0. The molecule has 0 aliphatic heterocycles. The van der Waals surface area contributed by atoms with E-state index in [-0.39, 0.29) is 23.0 Å². The summed E-state index contributed by atoms with van der Waals surface area (Å²) in [5.41, 5.74) is 3.41. The van der Waals surface area contributed by atoms with Gasteiger partial charge in [-0.25, -0.2) is 0 Å². The van der Waals surface area contributed by atoms with E-state index in [9.17, 15) is 4.79 Å². The van der Waals surface area contributed by atoms with Crippen molar-refractivity contribution in [1.29, 1.82) is 0 Å². The van der Waals surface area contributed by atoms with Gasteiger partial charge in [0, 0.05) is 27.7 Å². The zero-order valence-electron chi connectivity index (χ0n) is 14.5. The Balaban J connectivity index is 0.000000379. The first-order valence-corrected chi connectivity index (χ1v) is 8.66. The van der Waals surface area contributed by atoms with Gasteiger partial charge in [0.1, 0.15) is 0 Å². The molecule has 4 rings (SSSR count). The summed E-state index contributed by atoms with van der Waals surface area (Å²) >= 11 is 5.92. The zero-order chi connectivity index (χ0) is 18.2. The summed E-state index contributed by atoms with van der Waals surface area (Å²) in [5, 5.41) is 3.49. The van der Waals surface area contributed by atoms with Crippen LogP contribution >= 0.6 is 11.6 Å². The molecule has 0 saturated heterocycles. The number of carbonyl (C=O) groups is 1. The molecular formula is C23H18ClFeNO-6. The van der Waals surface area contributed by atoms with Crippen molar-refractivity contribution in [3.05, 3.63) is 114 Å². The van der Waals surface area contributed by atoms with Gasteiger partial charge in [0.05, 0.1) is 0 Å². The summed E-state index contributed by atoms with van der Waals surface area (Å²) in [4.78, 5) is 12.3. The van der Waals surface area contributed by atoms with Crippen molar-refractivity contribution in [2.24, 2.45) is 0 Å². The Kier molecular flexibility index (Phi) is 8.09. The van der Waals surface area contributed by atoms with E-state index in [0.29, 0.717) is 10.6 Å². The van der Waals surface area contributed by atoms with Crippen LogP contribution in [0.25, 0.3) is 11.1 Å². The molecule has 0 heterocycles. The second-order valence-corrected chi connectivity index (χ2v) is 6.08. The first-order valence-electron chi connectivity index (χ1n) is 8.29. The van der Waals surface area contributed by atoms with E-state index in [0.717, 1.165) is 16.8 Å². The minimum Gasteiger partial charge on any atom is -0.748 e. The smallest absolute Gasteiger partial charge is 0.249 e.